The van der Waals surface area contributed by atoms with E-state index in [1.807, 2.05) is 13.8 Å². The zero-order valence-electron chi connectivity index (χ0n) is 18.9. The molecular weight excluding hydrogens is 435 g/mol. The van der Waals surface area contributed by atoms with Crippen LogP contribution in [0.1, 0.15) is 42.2 Å². The Bertz CT molecular complexity index is 1010. The van der Waals surface area contributed by atoms with Crippen LogP contribution in [0, 0.1) is 17.4 Å². The Morgan fingerprint density at radius 2 is 1.73 bits per heavy atom. The van der Waals surface area contributed by atoms with Gasteiger partial charge in [-0.05, 0) is 41.2 Å². The van der Waals surface area contributed by atoms with E-state index in [9.17, 15) is 22.8 Å². The average Bonchev–Trinajstić information content (AvgIpc) is 2.79. The highest BCUT2D eigenvalue weighted by molar-refractivity contribution is 5.91. The summed E-state index contributed by atoms with van der Waals surface area (Å²) in [5, 5.41) is 9.04. The molecule has 0 heterocycles. The molecule has 0 bridgehead atoms. The van der Waals surface area contributed by atoms with Gasteiger partial charge in [-0.25, -0.2) is 14.5 Å². The SMILES string of the molecule is COC(=O)c1cccc(-c2ccc(C(N(CCC(C)C)C(=O)N(C)C#N)C(F)(F)F)cc2)c1. The van der Waals surface area contributed by atoms with Crippen LogP contribution in [0.5, 0.6) is 0 Å². The molecule has 0 aliphatic rings. The molecule has 0 saturated carbocycles. The Labute approximate surface area is 191 Å². The summed E-state index contributed by atoms with van der Waals surface area (Å²) in [6, 6.07) is 8.93. The standard InChI is InChI=1S/C24H26F3N3O3/c1-16(2)12-13-30(23(32)29(3)15-28)21(24(25,26)27)18-10-8-17(9-11-18)19-6-5-7-20(14-19)22(31)33-4/h5-11,14,16,21H,12-13H2,1-4H3. The van der Waals surface area contributed by atoms with Gasteiger partial charge < -0.3 is 9.64 Å². The van der Waals surface area contributed by atoms with Crippen LogP contribution >= 0.6 is 0 Å². The molecule has 9 heteroatoms. The summed E-state index contributed by atoms with van der Waals surface area (Å²) in [5.41, 5.74) is 1.42. The van der Waals surface area contributed by atoms with Crippen molar-refractivity contribution >= 4 is 12.0 Å². The average molecular weight is 461 g/mol. The van der Waals surface area contributed by atoms with E-state index in [-0.39, 0.29) is 18.0 Å². The minimum atomic E-state index is -4.75. The van der Waals surface area contributed by atoms with Gasteiger partial charge in [-0.1, -0.05) is 50.2 Å². The maximum absolute atomic E-state index is 14.2. The number of amides is 2. The molecule has 2 aromatic rings. The monoisotopic (exact) mass is 461 g/mol. The van der Waals surface area contributed by atoms with Gasteiger partial charge in [-0.15, -0.1) is 0 Å². The van der Waals surface area contributed by atoms with E-state index >= 15 is 0 Å². The number of esters is 1. The number of benzene rings is 2. The Balaban J connectivity index is 2.46. The molecule has 2 aromatic carbocycles. The van der Waals surface area contributed by atoms with Crippen LogP contribution in [0.15, 0.2) is 48.5 Å². The van der Waals surface area contributed by atoms with Gasteiger partial charge in [0.05, 0.1) is 12.7 Å². The van der Waals surface area contributed by atoms with Crippen molar-refractivity contribution in [2.45, 2.75) is 32.5 Å². The Morgan fingerprint density at radius 1 is 1.09 bits per heavy atom. The summed E-state index contributed by atoms with van der Waals surface area (Å²) in [6.45, 7) is 3.53. The number of hydrogen-bond donors (Lipinski definition) is 0. The number of urea groups is 1. The minimum Gasteiger partial charge on any atom is -0.465 e. The topological polar surface area (TPSA) is 73.6 Å². The molecule has 0 aromatic heterocycles. The third-order valence-corrected chi connectivity index (χ3v) is 5.10. The normalized spacial score (nSPS) is 12.1. The third-order valence-electron chi connectivity index (χ3n) is 5.10. The first-order chi connectivity index (χ1) is 15.5. The lowest BCUT2D eigenvalue weighted by atomic mass is 9.98. The zero-order chi connectivity index (χ0) is 24.8. The summed E-state index contributed by atoms with van der Waals surface area (Å²) in [6.07, 6.45) is -2.83. The van der Waals surface area contributed by atoms with Crippen molar-refractivity contribution in [2.75, 3.05) is 20.7 Å². The van der Waals surface area contributed by atoms with Crippen LogP contribution in [-0.4, -0.2) is 48.7 Å². The highest BCUT2D eigenvalue weighted by atomic mass is 19.4. The molecule has 2 rings (SSSR count). The highest BCUT2D eigenvalue weighted by Crippen LogP contribution is 2.39. The molecule has 0 radical (unpaired) electrons. The van der Waals surface area contributed by atoms with Gasteiger partial charge in [-0.3, -0.25) is 0 Å². The zero-order valence-corrected chi connectivity index (χ0v) is 18.9. The first-order valence-corrected chi connectivity index (χ1v) is 10.3. The Morgan fingerprint density at radius 3 is 2.24 bits per heavy atom. The molecule has 0 spiro atoms. The fourth-order valence-corrected chi connectivity index (χ4v) is 3.31. The minimum absolute atomic E-state index is 0.0611. The van der Waals surface area contributed by atoms with E-state index in [4.69, 9.17) is 10.00 Å². The highest BCUT2D eigenvalue weighted by Gasteiger charge is 2.47. The van der Waals surface area contributed by atoms with Gasteiger partial charge in [0, 0.05) is 13.6 Å². The second-order valence-corrected chi connectivity index (χ2v) is 7.96. The van der Waals surface area contributed by atoms with E-state index in [2.05, 4.69) is 0 Å². The molecule has 1 atom stereocenters. The third kappa shape index (κ3) is 6.48. The van der Waals surface area contributed by atoms with Gasteiger partial charge in [0.2, 0.25) is 0 Å². The molecule has 33 heavy (non-hydrogen) atoms. The van der Waals surface area contributed by atoms with Crippen LogP contribution in [0.2, 0.25) is 0 Å². The number of carbonyl (C=O) groups excluding carboxylic acids is 2. The van der Waals surface area contributed by atoms with Crippen LogP contribution in [0.3, 0.4) is 0 Å². The van der Waals surface area contributed by atoms with E-state index < -0.39 is 24.2 Å². The predicted molar refractivity (Wildman–Crippen MR) is 117 cm³/mol. The quantitative estimate of drug-likeness (QED) is 0.305. The number of halogens is 3. The van der Waals surface area contributed by atoms with Crippen LogP contribution in [-0.2, 0) is 4.74 Å². The molecule has 0 saturated heterocycles. The van der Waals surface area contributed by atoms with Gasteiger partial charge in [-0.2, -0.15) is 18.4 Å². The summed E-state index contributed by atoms with van der Waals surface area (Å²) in [4.78, 5) is 25.7. The number of nitriles is 1. The van der Waals surface area contributed by atoms with E-state index in [1.165, 1.54) is 31.4 Å². The number of nitrogens with zero attached hydrogens (tertiary/aromatic N) is 3. The van der Waals surface area contributed by atoms with Crippen LogP contribution < -0.4 is 0 Å². The van der Waals surface area contributed by atoms with Crippen LogP contribution in [0.25, 0.3) is 11.1 Å². The maximum Gasteiger partial charge on any atom is 0.413 e. The summed E-state index contributed by atoms with van der Waals surface area (Å²) < 4.78 is 47.2. The lowest BCUT2D eigenvalue weighted by Crippen LogP contribution is -2.47. The van der Waals surface area contributed by atoms with Crippen molar-refractivity contribution in [3.63, 3.8) is 0 Å². The number of rotatable bonds is 7. The van der Waals surface area contributed by atoms with E-state index in [0.29, 0.717) is 32.9 Å². The molecular formula is C24H26F3N3O3. The molecule has 0 N–H and O–H groups in total. The Kier molecular flexibility index (Phi) is 8.46. The van der Waals surface area contributed by atoms with Crippen molar-refractivity contribution in [3.8, 4) is 17.3 Å². The smallest absolute Gasteiger partial charge is 0.413 e. The van der Waals surface area contributed by atoms with Gasteiger partial charge >= 0.3 is 18.2 Å². The number of alkyl halides is 3. The number of ether oxygens (including phenoxy) is 1. The number of methoxy groups -OCH3 is 1. The van der Waals surface area contributed by atoms with E-state index in [0.717, 1.165) is 7.05 Å². The van der Waals surface area contributed by atoms with Crippen molar-refractivity contribution < 1.29 is 27.5 Å². The van der Waals surface area contributed by atoms with Crippen LogP contribution in [0.4, 0.5) is 18.0 Å². The summed E-state index contributed by atoms with van der Waals surface area (Å²) in [5.74, 6) is -0.461. The van der Waals surface area contributed by atoms with Gasteiger partial charge in [0.25, 0.3) is 0 Å². The van der Waals surface area contributed by atoms with Crippen molar-refractivity contribution in [1.29, 1.82) is 5.26 Å². The number of hydrogen-bond acceptors (Lipinski definition) is 4. The molecule has 0 aliphatic carbocycles. The molecule has 0 fully saturated rings. The van der Waals surface area contributed by atoms with Crippen molar-refractivity contribution in [1.82, 2.24) is 9.80 Å². The molecule has 0 aliphatic heterocycles. The molecule has 176 valence electrons. The first-order valence-electron chi connectivity index (χ1n) is 10.3. The number of carbonyl (C=O) groups is 2. The summed E-state index contributed by atoms with van der Waals surface area (Å²) >= 11 is 0. The second-order valence-electron chi connectivity index (χ2n) is 7.96. The van der Waals surface area contributed by atoms with Crippen molar-refractivity contribution in [3.05, 3.63) is 59.7 Å². The Hall–Kier alpha value is -3.54. The molecule has 1 unspecified atom stereocenters. The largest absolute Gasteiger partial charge is 0.465 e. The first kappa shape index (κ1) is 25.7. The van der Waals surface area contributed by atoms with Crippen molar-refractivity contribution in [2.24, 2.45) is 5.92 Å². The second kappa shape index (κ2) is 10.9. The molecule has 6 nitrogen and oxygen atoms in total. The lowest BCUT2D eigenvalue weighted by molar-refractivity contribution is -0.179. The maximum atomic E-state index is 14.2. The van der Waals surface area contributed by atoms with Gasteiger partial charge in [0.1, 0.15) is 0 Å². The fraction of sp³-hybridized carbons (Fsp3) is 0.375. The van der Waals surface area contributed by atoms with E-state index in [1.54, 1.807) is 30.5 Å². The molecule has 2 amide bonds. The predicted octanol–water partition coefficient (Wildman–Crippen LogP) is 5.62. The summed E-state index contributed by atoms with van der Waals surface area (Å²) in [7, 11) is 2.40. The van der Waals surface area contributed by atoms with Gasteiger partial charge in [0.15, 0.2) is 12.2 Å². The lowest BCUT2D eigenvalue weighted by Gasteiger charge is -2.35. The fourth-order valence-electron chi connectivity index (χ4n) is 3.31.